The van der Waals surface area contributed by atoms with Crippen LogP contribution in [0.2, 0.25) is 0 Å². The minimum atomic E-state index is -3.93. The smallest absolute Gasteiger partial charge is 0.265 e. The maximum atomic E-state index is 13.0. The summed E-state index contributed by atoms with van der Waals surface area (Å²) < 4.78 is 26.6. The van der Waals surface area contributed by atoms with Crippen LogP contribution in [0.15, 0.2) is 83.4 Å². The fourth-order valence-electron chi connectivity index (χ4n) is 3.54. The first-order valence-electron chi connectivity index (χ1n) is 9.04. The number of aliphatic hydroxyl groups excluding tert-OH is 1. The number of nitrogens with zero attached hydrogens (tertiary/aromatic N) is 1. The Labute approximate surface area is 169 Å². The summed E-state index contributed by atoms with van der Waals surface area (Å²) in [5.74, 6) is -0.900. The minimum absolute atomic E-state index is 0.0576. The van der Waals surface area contributed by atoms with Gasteiger partial charge in [0.2, 0.25) is 5.78 Å². The molecular weight excluding hydrogens is 386 g/mol. The number of fused-ring (bicyclic) bond motifs is 1. The molecule has 0 amide bonds. The summed E-state index contributed by atoms with van der Waals surface area (Å²) in [5.41, 5.74) is 3.10. The molecule has 0 atom stereocenters. The largest absolute Gasteiger partial charge is 0.505 e. The lowest BCUT2D eigenvalue weighted by molar-refractivity contribution is 0.100. The van der Waals surface area contributed by atoms with Crippen LogP contribution in [0.5, 0.6) is 0 Å². The Morgan fingerprint density at radius 3 is 2.28 bits per heavy atom. The monoisotopic (exact) mass is 405 g/mol. The van der Waals surface area contributed by atoms with Gasteiger partial charge in [0.1, 0.15) is 5.70 Å². The highest BCUT2D eigenvalue weighted by atomic mass is 32.2. The van der Waals surface area contributed by atoms with E-state index in [1.807, 2.05) is 37.3 Å². The van der Waals surface area contributed by atoms with E-state index in [9.17, 15) is 18.3 Å². The Balaban J connectivity index is 1.90. The molecule has 146 valence electrons. The molecule has 3 aromatic rings. The molecule has 1 aliphatic heterocycles. The van der Waals surface area contributed by atoms with Gasteiger partial charge in [-0.3, -0.25) is 9.10 Å². The van der Waals surface area contributed by atoms with Crippen LogP contribution < -0.4 is 0 Å². The zero-order chi connectivity index (χ0) is 20.8. The molecule has 0 spiro atoms. The van der Waals surface area contributed by atoms with Gasteiger partial charge in [0.05, 0.1) is 4.90 Å². The van der Waals surface area contributed by atoms with Crippen molar-refractivity contribution in [3.63, 3.8) is 0 Å². The van der Waals surface area contributed by atoms with Crippen LogP contribution >= 0.6 is 0 Å². The van der Waals surface area contributed by atoms with Gasteiger partial charge in [-0.15, -0.1) is 0 Å². The fraction of sp³-hybridized carbons (Fsp3) is 0.0870. The van der Waals surface area contributed by atoms with Gasteiger partial charge in [-0.25, -0.2) is 8.42 Å². The van der Waals surface area contributed by atoms with Crippen LogP contribution in [-0.4, -0.2) is 30.7 Å². The van der Waals surface area contributed by atoms with Gasteiger partial charge in [0.25, 0.3) is 10.0 Å². The van der Waals surface area contributed by atoms with Gasteiger partial charge >= 0.3 is 0 Å². The summed E-state index contributed by atoms with van der Waals surface area (Å²) in [6, 6.07) is 20.9. The van der Waals surface area contributed by atoms with Crippen LogP contribution in [-0.2, 0) is 10.0 Å². The van der Waals surface area contributed by atoms with Crippen molar-refractivity contribution >= 4 is 21.6 Å². The molecule has 0 aromatic heterocycles. The number of allylic oxidation sites excluding steroid dienone is 1. The number of hydrogen-bond acceptors (Lipinski definition) is 4. The van der Waals surface area contributed by atoms with E-state index in [-0.39, 0.29) is 21.9 Å². The number of benzene rings is 3. The zero-order valence-electron chi connectivity index (χ0n) is 16.0. The van der Waals surface area contributed by atoms with E-state index >= 15 is 0 Å². The predicted molar refractivity (Wildman–Crippen MR) is 112 cm³/mol. The normalized spacial score (nSPS) is 17.0. The summed E-state index contributed by atoms with van der Waals surface area (Å²) in [7, 11) is -2.65. The molecule has 0 fully saturated rings. The number of carbonyl (C=O) groups is 1. The van der Waals surface area contributed by atoms with Crippen molar-refractivity contribution in [1.29, 1.82) is 0 Å². The first-order valence-corrected chi connectivity index (χ1v) is 10.5. The van der Waals surface area contributed by atoms with Crippen molar-refractivity contribution < 1.29 is 18.3 Å². The number of ketones is 1. The summed E-state index contributed by atoms with van der Waals surface area (Å²) >= 11 is 0. The summed E-state index contributed by atoms with van der Waals surface area (Å²) in [6.45, 7) is 1.99. The molecule has 29 heavy (non-hydrogen) atoms. The Kier molecular flexibility index (Phi) is 4.51. The van der Waals surface area contributed by atoms with Crippen LogP contribution in [0.25, 0.3) is 16.9 Å². The molecule has 0 saturated carbocycles. The summed E-state index contributed by atoms with van der Waals surface area (Å²) in [6.07, 6.45) is 0. The quantitative estimate of drug-likeness (QED) is 0.506. The van der Waals surface area contributed by atoms with Gasteiger partial charge in [-0.05, 0) is 41.8 Å². The van der Waals surface area contributed by atoms with Gasteiger partial charge in [0.15, 0.2) is 5.76 Å². The van der Waals surface area contributed by atoms with Crippen molar-refractivity contribution in [2.45, 2.75) is 11.8 Å². The Bertz CT molecular complexity index is 1280. The predicted octanol–water partition coefficient (Wildman–Crippen LogP) is 4.41. The molecule has 1 heterocycles. The van der Waals surface area contributed by atoms with Crippen molar-refractivity contribution in [2.75, 3.05) is 7.05 Å². The molecule has 6 heteroatoms. The molecule has 5 nitrogen and oxygen atoms in total. The number of Topliss-reactive ketones (excluding diaryl/α,β-unsaturated/α-hetero) is 1. The summed E-state index contributed by atoms with van der Waals surface area (Å²) in [4.78, 5) is 13.0. The van der Waals surface area contributed by atoms with E-state index < -0.39 is 15.8 Å². The van der Waals surface area contributed by atoms with Gasteiger partial charge in [-0.1, -0.05) is 54.6 Å². The maximum absolute atomic E-state index is 13.0. The standard InChI is InChI=1S/C23H19NO4S/c1-15-8-3-4-11-18(15)16-9-7-10-17(14-16)22(25)21-23(26)19-12-5-6-13-20(19)29(27,28)24(21)2/h3-14,25H,1-2H3. The average molecular weight is 405 g/mol. The summed E-state index contributed by atoms with van der Waals surface area (Å²) in [5, 5.41) is 10.9. The minimum Gasteiger partial charge on any atom is -0.505 e. The second kappa shape index (κ2) is 6.90. The first-order chi connectivity index (χ1) is 13.8. The lowest BCUT2D eigenvalue weighted by Crippen LogP contribution is -2.37. The average Bonchev–Trinajstić information content (AvgIpc) is 2.73. The highest BCUT2D eigenvalue weighted by Crippen LogP contribution is 2.35. The third-order valence-corrected chi connectivity index (χ3v) is 6.93. The number of aliphatic hydroxyl groups is 1. The van der Waals surface area contributed by atoms with Gasteiger partial charge in [-0.2, -0.15) is 0 Å². The van der Waals surface area contributed by atoms with Gasteiger partial charge < -0.3 is 5.11 Å². The SMILES string of the molecule is Cc1ccccc1-c1cccc(C(O)=C2C(=O)c3ccccc3S(=O)(=O)N2C)c1. The molecule has 0 radical (unpaired) electrons. The van der Waals surface area contributed by atoms with Crippen LogP contribution in [0.1, 0.15) is 21.5 Å². The number of carbonyl (C=O) groups excluding carboxylic acids is 1. The Hall–Kier alpha value is -3.38. The highest BCUT2D eigenvalue weighted by molar-refractivity contribution is 7.89. The maximum Gasteiger partial charge on any atom is 0.265 e. The lowest BCUT2D eigenvalue weighted by atomic mass is 9.97. The second-order valence-corrected chi connectivity index (χ2v) is 8.83. The van der Waals surface area contributed by atoms with E-state index in [2.05, 4.69) is 0 Å². The van der Waals surface area contributed by atoms with E-state index in [0.29, 0.717) is 5.56 Å². The molecule has 0 saturated heterocycles. The number of sulfonamides is 1. The van der Waals surface area contributed by atoms with Crippen LogP contribution in [0, 0.1) is 6.92 Å². The van der Waals surface area contributed by atoms with Crippen molar-refractivity contribution in [3.05, 3.63) is 95.2 Å². The Morgan fingerprint density at radius 1 is 0.897 bits per heavy atom. The topological polar surface area (TPSA) is 74.7 Å². The van der Waals surface area contributed by atoms with E-state index in [1.165, 1.54) is 19.2 Å². The number of rotatable bonds is 2. The molecule has 3 aromatic carbocycles. The van der Waals surface area contributed by atoms with Crippen molar-refractivity contribution in [2.24, 2.45) is 0 Å². The highest BCUT2D eigenvalue weighted by Gasteiger charge is 2.39. The third-order valence-electron chi connectivity index (χ3n) is 5.12. The van der Waals surface area contributed by atoms with E-state index in [4.69, 9.17) is 0 Å². The number of hydrogen-bond donors (Lipinski definition) is 1. The Morgan fingerprint density at radius 2 is 1.55 bits per heavy atom. The molecule has 1 N–H and O–H groups in total. The zero-order valence-corrected chi connectivity index (χ0v) is 16.8. The third kappa shape index (κ3) is 3.02. The molecule has 1 aliphatic rings. The molecule has 0 unspecified atom stereocenters. The van der Waals surface area contributed by atoms with E-state index in [1.54, 1.807) is 30.3 Å². The first kappa shape index (κ1) is 19.0. The lowest BCUT2D eigenvalue weighted by Gasteiger charge is -2.28. The fourth-order valence-corrected chi connectivity index (χ4v) is 4.94. The van der Waals surface area contributed by atoms with Crippen molar-refractivity contribution in [3.8, 4) is 11.1 Å². The second-order valence-electron chi connectivity index (χ2n) is 6.89. The molecule has 4 rings (SSSR count). The number of aryl methyl sites for hydroxylation is 1. The van der Waals surface area contributed by atoms with Crippen LogP contribution in [0.4, 0.5) is 0 Å². The molecule has 0 aliphatic carbocycles. The van der Waals surface area contributed by atoms with Gasteiger partial charge in [0, 0.05) is 18.2 Å². The molecular formula is C23H19NO4S. The van der Waals surface area contributed by atoms with Crippen molar-refractivity contribution in [1.82, 2.24) is 4.31 Å². The number of likely N-dealkylation sites (N-methyl/N-ethyl adjacent to an activating group) is 1. The molecule has 0 bridgehead atoms. The van der Waals surface area contributed by atoms with Crippen LogP contribution in [0.3, 0.4) is 0 Å². The van der Waals surface area contributed by atoms with E-state index in [0.717, 1.165) is 21.0 Å².